The quantitative estimate of drug-likeness (QED) is 0.387. The Morgan fingerprint density at radius 1 is 1.11 bits per heavy atom. The Balaban J connectivity index is 1.35. The van der Waals surface area contributed by atoms with Crippen molar-refractivity contribution >= 4 is 17.7 Å². The van der Waals surface area contributed by atoms with Gasteiger partial charge >= 0.3 is 5.97 Å². The Bertz CT molecular complexity index is 601. The number of allylic oxidation sites excluding steroid dienone is 2. The predicted molar refractivity (Wildman–Crippen MR) is 112 cm³/mol. The van der Waals surface area contributed by atoms with Crippen LogP contribution in [-0.2, 0) is 16.0 Å². The number of hydrogen-bond acceptors (Lipinski definition) is 3. The highest BCUT2D eigenvalue weighted by Gasteiger charge is 2.47. The smallest absolute Gasteiger partial charge is 0.303 e. The van der Waals surface area contributed by atoms with E-state index in [-0.39, 0.29) is 6.42 Å². The summed E-state index contributed by atoms with van der Waals surface area (Å²) in [6, 6.07) is 10.7. The van der Waals surface area contributed by atoms with Crippen LogP contribution in [0.4, 0.5) is 0 Å². The number of rotatable bonds is 12. The van der Waals surface area contributed by atoms with Crippen LogP contribution in [0.2, 0.25) is 0 Å². The molecule has 3 rings (SSSR count). The van der Waals surface area contributed by atoms with Crippen LogP contribution in [0.15, 0.2) is 42.5 Å². The summed E-state index contributed by atoms with van der Waals surface area (Å²) >= 11 is 2.07. The molecule has 4 atom stereocenters. The van der Waals surface area contributed by atoms with Crippen LogP contribution < -0.4 is 0 Å². The lowest BCUT2D eigenvalue weighted by molar-refractivity contribution is -0.137. The summed E-state index contributed by atoms with van der Waals surface area (Å²) in [5, 5.41) is 8.69. The SMILES string of the molecule is O=C(O)CCC/C=C\C[C@@H]1[C@H](CCSCCc2ccccc2)[C@@H]2CC[C@H]1O2. The van der Waals surface area contributed by atoms with Gasteiger partial charge in [0.15, 0.2) is 0 Å². The molecule has 3 nitrogen and oxygen atoms in total. The molecular formula is C23H32O3S. The molecule has 0 aromatic heterocycles. The van der Waals surface area contributed by atoms with Crippen LogP contribution in [0.25, 0.3) is 0 Å². The lowest BCUT2D eigenvalue weighted by Gasteiger charge is -2.27. The van der Waals surface area contributed by atoms with Gasteiger partial charge in [-0.25, -0.2) is 0 Å². The van der Waals surface area contributed by atoms with Crippen LogP contribution in [-0.4, -0.2) is 34.8 Å². The van der Waals surface area contributed by atoms with Gasteiger partial charge in [-0.1, -0.05) is 42.5 Å². The molecule has 0 spiro atoms. The average molecular weight is 389 g/mol. The molecule has 1 aromatic carbocycles. The second-order valence-electron chi connectivity index (χ2n) is 7.75. The fraction of sp³-hybridized carbons (Fsp3) is 0.609. The van der Waals surface area contributed by atoms with E-state index in [1.807, 2.05) is 0 Å². The molecule has 2 bridgehead atoms. The van der Waals surface area contributed by atoms with Gasteiger partial charge < -0.3 is 9.84 Å². The van der Waals surface area contributed by atoms with Gasteiger partial charge in [0.05, 0.1) is 12.2 Å². The number of thioether (sulfide) groups is 1. The van der Waals surface area contributed by atoms with Crippen LogP contribution >= 0.6 is 11.8 Å². The molecule has 2 aliphatic heterocycles. The van der Waals surface area contributed by atoms with Crippen molar-refractivity contribution in [1.29, 1.82) is 0 Å². The van der Waals surface area contributed by atoms with E-state index in [0.717, 1.165) is 25.7 Å². The summed E-state index contributed by atoms with van der Waals surface area (Å²) in [7, 11) is 0. The van der Waals surface area contributed by atoms with E-state index >= 15 is 0 Å². The van der Waals surface area contributed by atoms with Gasteiger partial charge in [-0.3, -0.25) is 4.79 Å². The summed E-state index contributed by atoms with van der Waals surface area (Å²) in [5.41, 5.74) is 1.43. The van der Waals surface area contributed by atoms with Crippen molar-refractivity contribution in [2.75, 3.05) is 11.5 Å². The highest BCUT2D eigenvalue weighted by molar-refractivity contribution is 7.99. The topological polar surface area (TPSA) is 46.5 Å². The summed E-state index contributed by atoms with van der Waals surface area (Å²) in [6.45, 7) is 0. The van der Waals surface area contributed by atoms with Crippen LogP contribution in [0.3, 0.4) is 0 Å². The fourth-order valence-electron chi connectivity index (χ4n) is 4.50. The minimum atomic E-state index is -0.699. The number of aliphatic carboxylic acids is 1. The maximum absolute atomic E-state index is 10.6. The van der Waals surface area contributed by atoms with Crippen molar-refractivity contribution in [3.63, 3.8) is 0 Å². The third kappa shape index (κ3) is 6.39. The molecule has 2 heterocycles. The van der Waals surface area contributed by atoms with Crippen molar-refractivity contribution in [1.82, 2.24) is 0 Å². The summed E-state index contributed by atoms with van der Waals surface area (Å²) in [4.78, 5) is 10.6. The van der Waals surface area contributed by atoms with Gasteiger partial charge in [0.1, 0.15) is 0 Å². The van der Waals surface area contributed by atoms with Crippen molar-refractivity contribution in [2.24, 2.45) is 11.8 Å². The maximum atomic E-state index is 10.6. The Morgan fingerprint density at radius 3 is 2.67 bits per heavy atom. The Morgan fingerprint density at radius 2 is 1.89 bits per heavy atom. The molecule has 4 heteroatoms. The zero-order valence-electron chi connectivity index (χ0n) is 16.1. The monoisotopic (exact) mass is 388 g/mol. The van der Waals surface area contributed by atoms with Crippen molar-refractivity contribution in [3.8, 4) is 0 Å². The molecule has 0 aliphatic carbocycles. The molecule has 1 N–H and O–H groups in total. The summed E-state index contributed by atoms with van der Waals surface area (Å²) in [5.74, 6) is 3.09. The average Bonchev–Trinajstić information content (AvgIpc) is 3.27. The number of aryl methyl sites for hydroxylation is 1. The zero-order valence-corrected chi connectivity index (χ0v) is 16.9. The number of unbranched alkanes of at least 4 members (excludes halogenated alkanes) is 1. The van der Waals surface area contributed by atoms with Crippen LogP contribution in [0.1, 0.15) is 50.5 Å². The van der Waals surface area contributed by atoms with E-state index in [9.17, 15) is 4.79 Å². The number of fused-ring (bicyclic) bond motifs is 2. The standard InChI is InChI=1S/C23H32O3S/c24-23(25)11-7-2-1-6-10-19-20(22-13-12-21(19)26-22)15-17-27-16-14-18-8-4-3-5-9-18/h1,3-6,8-9,19-22H,2,7,10-17H2,(H,24,25)/b6-1-/t19-,20+,21-,22+/m1/s1. The maximum Gasteiger partial charge on any atom is 0.303 e. The molecule has 0 amide bonds. The van der Waals surface area contributed by atoms with E-state index in [2.05, 4.69) is 54.2 Å². The van der Waals surface area contributed by atoms with Gasteiger partial charge in [0, 0.05) is 6.42 Å². The number of ether oxygens (including phenoxy) is 1. The van der Waals surface area contributed by atoms with E-state index in [1.54, 1.807) is 0 Å². The van der Waals surface area contributed by atoms with E-state index in [4.69, 9.17) is 9.84 Å². The fourth-order valence-corrected chi connectivity index (χ4v) is 5.52. The Kier molecular flexibility index (Phi) is 8.28. The van der Waals surface area contributed by atoms with Gasteiger partial charge in [0.25, 0.3) is 0 Å². The second-order valence-corrected chi connectivity index (χ2v) is 8.97. The first kappa shape index (κ1) is 20.5. The molecule has 0 radical (unpaired) electrons. The van der Waals surface area contributed by atoms with E-state index in [1.165, 1.54) is 36.3 Å². The minimum Gasteiger partial charge on any atom is -0.481 e. The summed E-state index contributed by atoms with van der Waals surface area (Å²) < 4.78 is 6.21. The minimum absolute atomic E-state index is 0.268. The zero-order chi connectivity index (χ0) is 18.9. The third-order valence-electron chi connectivity index (χ3n) is 5.90. The largest absolute Gasteiger partial charge is 0.481 e. The Hall–Kier alpha value is -1.26. The number of carboxylic acid groups (broad SMARTS) is 1. The lowest BCUT2D eigenvalue weighted by atomic mass is 9.76. The van der Waals surface area contributed by atoms with Crippen molar-refractivity contribution < 1.29 is 14.6 Å². The molecule has 0 saturated carbocycles. The third-order valence-corrected chi connectivity index (χ3v) is 6.92. The molecule has 2 saturated heterocycles. The van der Waals surface area contributed by atoms with Crippen molar-refractivity contribution in [3.05, 3.63) is 48.0 Å². The summed E-state index contributed by atoms with van der Waals surface area (Å²) in [6.07, 6.45) is 13.2. The first-order chi connectivity index (χ1) is 13.2. The normalized spacial score (nSPS) is 26.8. The van der Waals surface area contributed by atoms with Gasteiger partial charge in [-0.2, -0.15) is 11.8 Å². The van der Waals surface area contributed by atoms with Crippen LogP contribution in [0.5, 0.6) is 0 Å². The van der Waals surface area contributed by atoms with Crippen molar-refractivity contribution in [2.45, 2.75) is 63.6 Å². The first-order valence-electron chi connectivity index (χ1n) is 10.4. The van der Waals surface area contributed by atoms with E-state index in [0.29, 0.717) is 24.0 Å². The van der Waals surface area contributed by atoms with Gasteiger partial charge in [-0.15, -0.1) is 0 Å². The number of carbonyl (C=O) groups is 1. The molecule has 2 fully saturated rings. The lowest BCUT2D eigenvalue weighted by Crippen LogP contribution is -2.27. The van der Waals surface area contributed by atoms with E-state index < -0.39 is 5.97 Å². The number of carboxylic acids is 1. The second kappa shape index (κ2) is 10.9. The molecule has 1 aromatic rings. The highest BCUT2D eigenvalue weighted by Crippen LogP contribution is 2.47. The molecule has 148 valence electrons. The number of hydrogen-bond donors (Lipinski definition) is 1. The molecular weight excluding hydrogens is 356 g/mol. The molecule has 2 aliphatic rings. The van der Waals surface area contributed by atoms with Crippen LogP contribution in [0, 0.1) is 11.8 Å². The first-order valence-corrected chi connectivity index (χ1v) is 11.5. The number of benzene rings is 1. The highest BCUT2D eigenvalue weighted by atomic mass is 32.2. The predicted octanol–water partition coefficient (Wildman–Crippen LogP) is 5.35. The molecule has 27 heavy (non-hydrogen) atoms. The Labute approximate surface area is 167 Å². The van der Waals surface area contributed by atoms with Gasteiger partial charge in [0.2, 0.25) is 0 Å². The van der Waals surface area contributed by atoms with Gasteiger partial charge in [-0.05, 0) is 73.9 Å². The molecule has 0 unspecified atom stereocenters.